The molecule has 1 unspecified atom stereocenters. The van der Waals surface area contributed by atoms with Crippen molar-refractivity contribution in [1.82, 2.24) is 0 Å². The van der Waals surface area contributed by atoms with E-state index < -0.39 is 15.4 Å². The highest BCUT2D eigenvalue weighted by Gasteiger charge is 2.15. The first-order chi connectivity index (χ1) is 9.48. The highest BCUT2D eigenvalue weighted by molar-refractivity contribution is 7.86. The molecule has 0 aliphatic rings. The predicted octanol–water partition coefficient (Wildman–Crippen LogP) is 5.35. The number of hydrogen-bond donors (Lipinski definition) is 1. The monoisotopic (exact) mass is 306 g/mol. The molecule has 0 aromatic rings. The molecule has 0 saturated carbocycles. The maximum atomic E-state index is 10.8. The van der Waals surface area contributed by atoms with E-state index in [1.807, 2.05) is 0 Å². The van der Waals surface area contributed by atoms with Crippen molar-refractivity contribution in [3.05, 3.63) is 0 Å². The summed E-state index contributed by atoms with van der Waals surface area (Å²) in [6.45, 7) is 3.82. The van der Waals surface area contributed by atoms with Gasteiger partial charge in [-0.3, -0.25) is 4.55 Å². The summed E-state index contributed by atoms with van der Waals surface area (Å²) < 4.78 is 30.5. The molecule has 0 spiro atoms. The van der Waals surface area contributed by atoms with E-state index in [1.54, 1.807) is 6.92 Å². The number of hydrogen-bond acceptors (Lipinski definition) is 2. The van der Waals surface area contributed by atoms with Crippen LogP contribution in [0.3, 0.4) is 0 Å². The maximum absolute atomic E-state index is 10.8. The van der Waals surface area contributed by atoms with Crippen LogP contribution in [0, 0.1) is 0 Å². The molecule has 1 atom stereocenters. The molecular weight excluding hydrogens is 272 g/mol. The molecule has 1 N–H and O–H groups in total. The summed E-state index contributed by atoms with van der Waals surface area (Å²) in [4.78, 5) is 0. The summed E-state index contributed by atoms with van der Waals surface area (Å²) in [6, 6.07) is 0. The lowest BCUT2D eigenvalue weighted by Crippen LogP contribution is -2.16. The van der Waals surface area contributed by atoms with Gasteiger partial charge in [-0.05, 0) is 13.3 Å². The fourth-order valence-corrected chi connectivity index (χ4v) is 2.89. The van der Waals surface area contributed by atoms with Crippen molar-refractivity contribution in [2.45, 2.75) is 103 Å². The zero-order valence-electron chi connectivity index (χ0n) is 13.4. The van der Waals surface area contributed by atoms with Gasteiger partial charge in [-0.1, -0.05) is 84.0 Å². The van der Waals surface area contributed by atoms with E-state index in [4.69, 9.17) is 4.55 Å². The normalized spacial score (nSPS) is 13.6. The Morgan fingerprint density at radius 3 is 1.45 bits per heavy atom. The first-order valence-corrected chi connectivity index (χ1v) is 9.95. The molecule has 0 radical (unpaired) electrons. The Kier molecular flexibility index (Phi) is 12.6. The first-order valence-electron chi connectivity index (χ1n) is 8.44. The van der Waals surface area contributed by atoms with Crippen LogP contribution in [-0.2, 0) is 10.1 Å². The minimum absolute atomic E-state index is 0.580. The summed E-state index contributed by atoms with van der Waals surface area (Å²) >= 11 is 0. The molecule has 0 aromatic carbocycles. The largest absolute Gasteiger partial charge is 0.285 e. The Balaban J connectivity index is 3.18. The fraction of sp³-hybridized carbons (Fsp3) is 1.00. The second kappa shape index (κ2) is 12.6. The van der Waals surface area contributed by atoms with E-state index in [-0.39, 0.29) is 0 Å². The molecular formula is C16H34O3S. The van der Waals surface area contributed by atoms with Crippen LogP contribution in [0.5, 0.6) is 0 Å². The lowest BCUT2D eigenvalue weighted by Gasteiger charge is -2.07. The summed E-state index contributed by atoms with van der Waals surface area (Å²) in [6.07, 6.45) is 15.9. The average molecular weight is 307 g/mol. The smallest absolute Gasteiger partial charge is 0.267 e. The van der Waals surface area contributed by atoms with E-state index in [2.05, 4.69) is 6.92 Å². The SMILES string of the molecule is CCCCCCCCCCCCCCC(C)S(=O)(=O)O. The topological polar surface area (TPSA) is 54.4 Å². The van der Waals surface area contributed by atoms with E-state index in [0.29, 0.717) is 6.42 Å². The van der Waals surface area contributed by atoms with E-state index in [1.165, 1.54) is 64.2 Å². The Hall–Kier alpha value is -0.0900. The van der Waals surface area contributed by atoms with Gasteiger partial charge in [-0.2, -0.15) is 8.42 Å². The summed E-state index contributed by atoms with van der Waals surface area (Å²) in [5.41, 5.74) is 0. The van der Waals surface area contributed by atoms with Crippen molar-refractivity contribution in [3.8, 4) is 0 Å². The molecule has 0 amide bonds. The highest BCUT2D eigenvalue weighted by Crippen LogP contribution is 2.14. The van der Waals surface area contributed by atoms with Crippen LogP contribution in [0.15, 0.2) is 0 Å². The minimum Gasteiger partial charge on any atom is -0.285 e. The molecule has 20 heavy (non-hydrogen) atoms. The maximum Gasteiger partial charge on any atom is 0.267 e. The van der Waals surface area contributed by atoms with Gasteiger partial charge in [0.25, 0.3) is 10.1 Å². The summed E-state index contributed by atoms with van der Waals surface area (Å²) in [7, 11) is -3.82. The molecule has 0 aromatic heterocycles. The van der Waals surface area contributed by atoms with Gasteiger partial charge in [0, 0.05) is 0 Å². The standard InChI is InChI=1S/C16H34O3S/c1-3-4-5-6-7-8-9-10-11-12-13-14-15-16(2)20(17,18)19/h16H,3-15H2,1-2H3,(H,17,18,19). The number of unbranched alkanes of at least 4 members (excludes halogenated alkanes) is 11. The van der Waals surface area contributed by atoms with Crippen LogP contribution in [0.1, 0.15) is 97.3 Å². The van der Waals surface area contributed by atoms with Gasteiger partial charge < -0.3 is 0 Å². The average Bonchev–Trinajstić information content (AvgIpc) is 2.38. The molecule has 0 aliphatic heterocycles. The van der Waals surface area contributed by atoms with Crippen molar-refractivity contribution >= 4 is 10.1 Å². The lowest BCUT2D eigenvalue weighted by atomic mass is 10.0. The Morgan fingerprint density at radius 1 is 0.750 bits per heavy atom. The molecule has 3 nitrogen and oxygen atoms in total. The molecule has 0 aliphatic carbocycles. The summed E-state index contributed by atoms with van der Waals surface area (Å²) in [5.74, 6) is 0. The molecule has 0 rings (SSSR count). The third-order valence-electron chi connectivity index (χ3n) is 3.97. The lowest BCUT2D eigenvalue weighted by molar-refractivity contribution is 0.461. The Morgan fingerprint density at radius 2 is 1.10 bits per heavy atom. The van der Waals surface area contributed by atoms with Crippen LogP contribution < -0.4 is 0 Å². The van der Waals surface area contributed by atoms with Gasteiger partial charge in [0.15, 0.2) is 0 Å². The molecule has 122 valence electrons. The van der Waals surface area contributed by atoms with E-state index in [9.17, 15) is 8.42 Å². The van der Waals surface area contributed by atoms with Gasteiger partial charge in [-0.25, -0.2) is 0 Å². The van der Waals surface area contributed by atoms with Crippen molar-refractivity contribution in [2.75, 3.05) is 0 Å². The van der Waals surface area contributed by atoms with Crippen molar-refractivity contribution in [2.24, 2.45) is 0 Å². The second-order valence-corrected chi connectivity index (χ2v) is 7.84. The third kappa shape index (κ3) is 12.9. The fourth-order valence-electron chi connectivity index (χ4n) is 2.42. The first kappa shape index (κ1) is 19.9. The Labute approximate surface area is 126 Å². The van der Waals surface area contributed by atoms with E-state index in [0.717, 1.165) is 12.8 Å². The molecule has 0 heterocycles. The zero-order valence-corrected chi connectivity index (χ0v) is 14.3. The second-order valence-electron chi connectivity index (χ2n) is 6.00. The number of rotatable bonds is 14. The third-order valence-corrected chi connectivity index (χ3v) is 5.23. The highest BCUT2D eigenvalue weighted by atomic mass is 32.2. The van der Waals surface area contributed by atoms with Crippen molar-refractivity contribution < 1.29 is 13.0 Å². The van der Waals surface area contributed by atoms with Crippen LogP contribution in [0.2, 0.25) is 0 Å². The van der Waals surface area contributed by atoms with Crippen LogP contribution in [0.4, 0.5) is 0 Å². The van der Waals surface area contributed by atoms with Crippen LogP contribution in [0.25, 0.3) is 0 Å². The zero-order chi connectivity index (χ0) is 15.3. The van der Waals surface area contributed by atoms with Gasteiger partial charge in [0.2, 0.25) is 0 Å². The molecule has 0 fully saturated rings. The van der Waals surface area contributed by atoms with Gasteiger partial charge in [0.05, 0.1) is 5.25 Å². The Bertz CT molecular complexity index is 299. The van der Waals surface area contributed by atoms with Crippen molar-refractivity contribution in [1.29, 1.82) is 0 Å². The minimum atomic E-state index is -3.82. The van der Waals surface area contributed by atoms with Gasteiger partial charge in [-0.15, -0.1) is 0 Å². The predicted molar refractivity (Wildman–Crippen MR) is 86.7 cm³/mol. The van der Waals surface area contributed by atoms with Gasteiger partial charge >= 0.3 is 0 Å². The molecule has 4 heteroatoms. The molecule has 0 saturated heterocycles. The van der Waals surface area contributed by atoms with Crippen LogP contribution in [-0.4, -0.2) is 18.2 Å². The van der Waals surface area contributed by atoms with E-state index >= 15 is 0 Å². The van der Waals surface area contributed by atoms with Crippen LogP contribution >= 0.6 is 0 Å². The molecule has 0 bridgehead atoms. The van der Waals surface area contributed by atoms with Gasteiger partial charge in [0.1, 0.15) is 0 Å². The van der Waals surface area contributed by atoms with Crippen molar-refractivity contribution in [3.63, 3.8) is 0 Å². The summed E-state index contributed by atoms with van der Waals surface area (Å²) in [5, 5.41) is -0.606. The quantitative estimate of drug-likeness (QED) is 0.347.